The van der Waals surface area contributed by atoms with Gasteiger partial charge in [0, 0.05) is 17.9 Å². The molecule has 2 aromatic rings. The number of hydrogen-bond donors (Lipinski definition) is 0. The fourth-order valence-corrected chi connectivity index (χ4v) is 3.13. The van der Waals surface area contributed by atoms with Crippen molar-refractivity contribution >= 4 is 72.3 Å². The third-order valence-electron chi connectivity index (χ3n) is 2.41. The SMILES string of the molecule is Brc1ccc([CH]([Sn+3])c2ccc(Br)cc2)cc1.CC(=O)[O-].CC(=O)[O-].CC(=O)[O-]. The molecule has 0 radical (unpaired) electrons. The summed E-state index contributed by atoms with van der Waals surface area (Å²) in [5.41, 5.74) is 2.76. The van der Waals surface area contributed by atoms with Crippen LogP contribution in [0.4, 0.5) is 0 Å². The van der Waals surface area contributed by atoms with Crippen LogP contribution in [0, 0.1) is 0 Å². The van der Waals surface area contributed by atoms with Crippen molar-refractivity contribution in [2.75, 3.05) is 0 Å². The predicted molar refractivity (Wildman–Crippen MR) is 108 cm³/mol. The Hall–Kier alpha value is -1.39. The first-order chi connectivity index (χ1) is 12.9. The van der Waals surface area contributed by atoms with E-state index >= 15 is 0 Å². The molecule has 0 spiro atoms. The largest absolute Gasteiger partial charge is 0.550 e. The summed E-state index contributed by atoms with van der Waals surface area (Å²) in [6.07, 6.45) is 0. The van der Waals surface area contributed by atoms with E-state index in [1.165, 1.54) is 33.7 Å². The zero-order chi connectivity index (χ0) is 22.3. The number of aliphatic carboxylic acids is 3. The monoisotopic (exact) mass is 620 g/mol. The van der Waals surface area contributed by atoms with Gasteiger partial charge in [-0.2, -0.15) is 0 Å². The van der Waals surface area contributed by atoms with Crippen molar-refractivity contribution in [3.8, 4) is 0 Å². The quantitative estimate of drug-likeness (QED) is 0.457. The van der Waals surface area contributed by atoms with E-state index < -0.39 is 17.9 Å². The summed E-state index contributed by atoms with van der Waals surface area (Å²) in [6.45, 7) is 2.92. The second-order valence-electron chi connectivity index (χ2n) is 5.01. The predicted octanol–water partition coefficient (Wildman–Crippen LogP) is 0.738. The van der Waals surface area contributed by atoms with Crippen LogP contribution in [0.1, 0.15) is 35.8 Å². The van der Waals surface area contributed by atoms with Gasteiger partial charge in [0.1, 0.15) is 0 Å². The van der Waals surface area contributed by atoms with Crippen LogP contribution in [-0.4, -0.2) is 40.4 Å². The third kappa shape index (κ3) is 19.4. The van der Waals surface area contributed by atoms with Gasteiger partial charge in [0.25, 0.3) is 0 Å². The Balaban J connectivity index is 0. The topological polar surface area (TPSA) is 120 Å². The summed E-state index contributed by atoms with van der Waals surface area (Å²) >= 11 is 8.44. The van der Waals surface area contributed by atoms with Crippen molar-refractivity contribution in [2.24, 2.45) is 0 Å². The molecule has 0 saturated carbocycles. The van der Waals surface area contributed by atoms with Gasteiger partial charge in [0.15, 0.2) is 0 Å². The summed E-state index contributed by atoms with van der Waals surface area (Å²) in [5, 5.41) is 26.7. The van der Waals surface area contributed by atoms with E-state index in [0.717, 1.165) is 29.7 Å². The molecule has 0 unspecified atom stereocenters. The maximum Gasteiger partial charge on any atom is 0.0383 e. The Bertz CT molecular complexity index is 647. The molecule has 0 heterocycles. The van der Waals surface area contributed by atoms with Gasteiger partial charge in [0.05, 0.1) is 0 Å². The van der Waals surface area contributed by atoms with E-state index in [0.29, 0.717) is 3.93 Å². The standard InChI is InChI=1S/C13H9Br2.3C2H4O2.Sn/c14-12-5-1-10(2-6-12)9-11-3-7-13(15)8-4-11;3*1-2(3)4;/h1-9H;3*1H3,(H,3,4);/q;;;;+3/p-3. The number of carbonyl (C=O) groups excluding carboxylic acids is 3. The fraction of sp³-hybridized carbons (Fsp3) is 0.211. The minimum absolute atomic E-state index is 0.522. The normalized spacial score (nSPS) is 8.86. The molecule has 0 atom stereocenters. The Morgan fingerprint density at radius 1 is 0.679 bits per heavy atom. The van der Waals surface area contributed by atoms with Gasteiger partial charge in [-0.15, -0.1) is 0 Å². The minimum atomic E-state index is -1.08. The van der Waals surface area contributed by atoms with Crippen molar-refractivity contribution in [3.63, 3.8) is 0 Å². The van der Waals surface area contributed by atoms with E-state index in [-0.39, 0.29) is 0 Å². The Morgan fingerprint density at radius 3 is 1.04 bits per heavy atom. The van der Waals surface area contributed by atoms with E-state index in [4.69, 9.17) is 29.7 Å². The summed E-state index contributed by atoms with van der Waals surface area (Å²) in [5.74, 6) is -3.25. The van der Waals surface area contributed by atoms with Gasteiger partial charge in [-0.25, -0.2) is 0 Å². The maximum absolute atomic E-state index is 8.89. The third-order valence-corrected chi connectivity index (χ3v) is 5.37. The number of halogens is 2. The molecule has 0 aliphatic rings. The van der Waals surface area contributed by atoms with Gasteiger partial charge in [-0.3, -0.25) is 0 Å². The van der Waals surface area contributed by atoms with E-state index in [9.17, 15) is 0 Å². The number of rotatable bonds is 2. The number of benzene rings is 2. The van der Waals surface area contributed by atoms with Gasteiger partial charge in [0.2, 0.25) is 0 Å². The minimum Gasteiger partial charge on any atom is -0.550 e. The molecular weight excluding hydrogens is 603 g/mol. The zero-order valence-corrected chi connectivity index (χ0v) is 21.4. The number of carboxylic acid groups (broad SMARTS) is 3. The van der Waals surface area contributed by atoms with Crippen molar-refractivity contribution < 1.29 is 29.7 Å². The maximum atomic E-state index is 8.89. The molecule has 148 valence electrons. The summed E-state index contributed by atoms with van der Waals surface area (Å²) in [6, 6.07) is 17.2. The fourth-order valence-electron chi connectivity index (χ4n) is 1.50. The average molecular weight is 621 g/mol. The van der Waals surface area contributed by atoms with Crippen LogP contribution >= 0.6 is 31.9 Å². The molecule has 0 fully saturated rings. The molecular formula is C19H18Br2O6Sn. The molecule has 0 aliphatic carbocycles. The van der Waals surface area contributed by atoms with Crippen LogP contribution in [-0.2, 0) is 14.4 Å². The van der Waals surface area contributed by atoms with Gasteiger partial charge < -0.3 is 29.7 Å². The van der Waals surface area contributed by atoms with Crippen molar-refractivity contribution in [1.82, 2.24) is 0 Å². The van der Waals surface area contributed by atoms with Crippen LogP contribution < -0.4 is 15.3 Å². The number of hydrogen-bond acceptors (Lipinski definition) is 6. The van der Waals surface area contributed by atoms with E-state index in [2.05, 4.69) is 80.4 Å². The van der Waals surface area contributed by atoms with Crippen LogP contribution in [0.25, 0.3) is 0 Å². The molecule has 6 nitrogen and oxygen atoms in total. The first kappa shape index (κ1) is 28.8. The first-order valence-electron chi connectivity index (χ1n) is 7.61. The zero-order valence-electron chi connectivity index (χ0n) is 15.4. The van der Waals surface area contributed by atoms with Gasteiger partial charge in [-0.05, 0) is 20.8 Å². The van der Waals surface area contributed by atoms with Crippen LogP contribution in [0.5, 0.6) is 0 Å². The summed E-state index contributed by atoms with van der Waals surface area (Å²) in [7, 11) is 0. The summed E-state index contributed by atoms with van der Waals surface area (Å²) < 4.78 is 2.79. The Kier molecular flexibility index (Phi) is 17.0. The number of carboxylic acids is 3. The smallest absolute Gasteiger partial charge is 0.0383 e. The second-order valence-corrected chi connectivity index (χ2v) is 8.49. The molecule has 0 aromatic heterocycles. The average Bonchev–Trinajstić information content (AvgIpc) is 2.54. The molecule has 9 heteroatoms. The Morgan fingerprint density at radius 2 is 0.857 bits per heavy atom. The molecule has 28 heavy (non-hydrogen) atoms. The molecule has 2 aromatic carbocycles. The Labute approximate surface area is 194 Å². The molecule has 2 rings (SSSR count). The molecule has 0 amide bonds. The number of carbonyl (C=O) groups is 3. The van der Waals surface area contributed by atoms with Gasteiger partial charge >= 0.3 is 127 Å². The molecule has 0 N–H and O–H groups in total. The second kappa shape index (κ2) is 16.6. The molecule has 0 saturated heterocycles. The van der Waals surface area contributed by atoms with Gasteiger partial charge in [-0.1, -0.05) is 0 Å². The van der Waals surface area contributed by atoms with E-state index in [1.807, 2.05) is 0 Å². The summed E-state index contributed by atoms with van der Waals surface area (Å²) in [4.78, 5) is 26.7. The first-order valence-corrected chi connectivity index (χ1v) is 10.8. The van der Waals surface area contributed by atoms with Crippen LogP contribution in [0.2, 0.25) is 0 Å². The molecule has 0 aliphatic heterocycles. The van der Waals surface area contributed by atoms with Crippen molar-refractivity contribution in [1.29, 1.82) is 0 Å². The van der Waals surface area contributed by atoms with Crippen LogP contribution in [0.3, 0.4) is 0 Å². The van der Waals surface area contributed by atoms with E-state index in [1.54, 1.807) is 0 Å². The van der Waals surface area contributed by atoms with Crippen molar-refractivity contribution in [2.45, 2.75) is 24.7 Å². The molecule has 0 bridgehead atoms. The van der Waals surface area contributed by atoms with Crippen LogP contribution in [0.15, 0.2) is 57.5 Å². The van der Waals surface area contributed by atoms with Crippen molar-refractivity contribution in [3.05, 3.63) is 68.6 Å².